The quantitative estimate of drug-likeness (QED) is 0.171. The summed E-state index contributed by atoms with van der Waals surface area (Å²) in [6.45, 7) is 0.120. The molecule has 246 valence electrons. The van der Waals surface area contributed by atoms with Crippen LogP contribution < -0.4 is 11.3 Å². The third-order valence-electron chi connectivity index (χ3n) is 9.02. The molecule has 2 saturated carbocycles. The maximum absolute atomic E-state index is 16.0. The number of H-pyrrole nitrogens is 1. The molecule has 2 aliphatic heterocycles. The van der Waals surface area contributed by atoms with Gasteiger partial charge in [-0.25, -0.2) is 38.4 Å². The molecular formula is C23H26FN9O11P2. The van der Waals surface area contributed by atoms with Gasteiger partial charge in [0.05, 0.1) is 37.5 Å². The van der Waals surface area contributed by atoms with Crippen molar-refractivity contribution in [2.75, 3.05) is 18.9 Å². The molecular weight excluding hydrogens is 659 g/mol. The molecule has 0 aromatic carbocycles. The fraction of sp³-hybridized carbons (Fsp3) is 0.565. The number of aliphatic hydroxyl groups excluding tert-OH is 1. The van der Waals surface area contributed by atoms with Gasteiger partial charge in [0, 0.05) is 5.92 Å². The first-order chi connectivity index (χ1) is 21.8. The predicted octanol–water partition coefficient (Wildman–Crippen LogP) is -0.190. The number of fused-ring (bicyclic) bond motifs is 8. The number of rotatable bonds is 2. The lowest BCUT2D eigenvalue weighted by Gasteiger charge is -2.30. The molecule has 0 amide bonds. The lowest BCUT2D eigenvalue weighted by atomic mass is 10.0. The second-order valence-corrected chi connectivity index (χ2v) is 14.4. The average Bonchev–Trinajstić information content (AvgIpc) is 3.26. The Morgan fingerprint density at radius 3 is 2.61 bits per heavy atom. The molecule has 8 rings (SSSR count). The zero-order chi connectivity index (χ0) is 32.3. The van der Waals surface area contributed by atoms with Gasteiger partial charge in [-0.3, -0.25) is 27.5 Å². The van der Waals surface area contributed by atoms with Crippen molar-refractivity contribution in [2.45, 2.75) is 55.7 Å². The lowest BCUT2D eigenvalue weighted by molar-refractivity contribution is -0.0539. The smallest absolute Gasteiger partial charge is 0.390 e. The number of halogens is 1. The Morgan fingerprint density at radius 1 is 1.07 bits per heavy atom. The van der Waals surface area contributed by atoms with Crippen LogP contribution in [0.25, 0.3) is 22.3 Å². The molecule has 4 aromatic rings. The fourth-order valence-corrected chi connectivity index (χ4v) is 8.92. The molecule has 2 unspecified atom stereocenters. The summed E-state index contributed by atoms with van der Waals surface area (Å²) in [5, 5.41) is 11.3. The predicted molar refractivity (Wildman–Crippen MR) is 148 cm³/mol. The van der Waals surface area contributed by atoms with Gasteiger partial charge in [0.25, 0.3) is 5.56 Å². The van der Waals surface area contributed by atoms with Crippen molar-refractivity contribution in [1.82, 2.24) is 39.0 Å². The van der Waals surface area contributed by atoms with E-state index in [0.29, 0.717) is 0 Å². The van der Waals surface area contributed by atoms with Crippen molar-refractivity contribution in [3.05, 3.63) is 35.2 Å². The van der Waals surface area contributed by atoms with E-state index in [1.165, 1.54) is 21.8 Å². The number of alkyl halides is 1. The molecule has 4 fully saturated rings. The van der Waals surface area contributed by atoms with Gasteiger partial charge in [0.2, 0.25) is 0 Å². The molecule has 23 heteroatoms. The van der Waals surface area contributed by atoms with E-state index in [1.807, 2.05) is 0 Å². The van der Waals surface area contributed by atoms with Crippen molar-refractivity contribution < 1.29 is 51.2 Å². The molecule has 2 bridgehead atoms. The maximum Gasteiger partial charge on any atom is 0.472 e. The summed E-state index contributed by atoms with van der Waals surface area (Å²) in [5.41, 5.74) is 4.41. The summed E-state index contributed by atoms with van der Waals surface area (Å²) in [4.78, 5) is 57.1. The number of aliphatic hydroxyl groups is 1. The second-order valence-electron chi connectivity index (χ2n) is 11.6. The molecule has 20 nitrogen and oxygen atoms in total. The highest BCUT2D eigenvalue weighted by molar-refractivity contribution is 7.47. The number of aromatic nitrogens is 8. The molecule has 11 atom stereocenters. The number of hydrogen-bond donors (Lipinski definition) is 5. The number of nitrogens with one attached hydrogen (secondary N) is 1. The summed E-state index contributed by atoms with van der Waals surface area (Å²) in [7, 11) is -10.1. The third-order valence-corrected chi connectivity index (χ3v) is 11.0. The minimum absolute atomic E-state index is 0.00997. The molecule has 2 aliphatic carbocycles. The number of phosphoric ester groups is 2. The van der Waals surface area contributed by atoms with Crippen molar-refractivity contribution in [3.63, 3.8) is 0 Å². The minimum Gasteiger partial charge on any atom is -0.390 e. The van der Waals surface area contributed by atoms with Gasteiger partial charge < -0.3 is 34.9 Å². The molecule has 46 heavy (non-hydrogen) atoms. The third kappa shape index (κ3) is 4.50. The standard InChI is InChI=1S/C23H26FN9O11P2/c1-8-30-20-14(21(35)31-8)29-7-33(20)23-2-10(23)9-3-40-45(36,37)43-16-11(4-41-46(38,39)44-17(23)15(9)34)42-22(12(16)24)32-6-28-13-18(25)26-5-27-19(13)32/h5-7,9-12,15-17,22,34H,2-4H2,1H3,(H,36,37)(H,38,39)(H2,25,26,27)(H,30,31,35)/t9-,10-,11+,12+,15+,16+,17+,22+,23-/m0/s1. The van der Waals surface area contributed by atoms with E-state index >= 15 is 4.39 Å². The van der Waals surface area contributed by atoms with E-state index in [4.69, 9.17) is 28.6 Å². The highest BCUT2D eigenvalue weighted by Crippen LogP contribution is 2.68. The lowest BCUT2D eigenvalue weighted by Crippen LogP contribution is -2.41. The van der Waals surface area contributed by atoms with E-state index in [9.17, 15) is 28.8 Å². The van der Waals surface area contributed by atoms with Crippen LogP contribution >= 0.6 is 15.6 Å². The Hall–Kier alpha value is -3.23. The van der Waals surface area contributed by atoms with Crippen LogP contribution in [0.3, 0.4) is 0 Å². The van der Waals surface area contributed by atoms with Crippen molar-refractivity contribution in [2.24, 2.45) is 11.8 Å². The number of nitrogens with two attached hydrogens (primary N) is 1. The zero-order valence-electron chi connectivity index (χ0n) is 23.6. The van der Waals surface area contributed by atoms with Crippen LogP contribution in [-0.4, -0.2) is 97.7 Å². The molecule has 0 radical (unpaired) electrons. The molecule has 0 spiro atoms. The van der Waals surface area contributed by atoms with Crippen molar-refractivity contribution in [1.29, 1.82) is 0 Å². The largest absolute Gasteiger partial charge is 0.472 e. The highest BCUT2D eigenvalue weighted by atomic mass is 31.2. The Balaban J connectivity index is 1.14. The number of anilines is 1. The number of phosphoric acid groups is 2. The number of imidazole rings is 2. The number of hydrogen-bond acceptors (Lipinski definition) is 15. The SMILES string of the molecule is Cc1nc2c(ncn2[C@@]23C[C@H]2[C@@H]2COP(=O)(O)O[C@H]4[C@@H](F)[C@H](n5cnc6c(N)ncnc65)O[C@@H]4COP(=O)(O)O[C@@H]3[C@@H]2O)c(=O)[nH]1. The first-order valence-corrected chi connectivity index (χ1v) is 17.0. The minimum atomic E-state index is -5.07. The zero-order valence-corrected chi connectivity index (χ0v) is 25.3. The Bertz CT molecular complexity index is 2040. The molecule has 4 aromatic heterocycles. The normalized spacial score (nSPS) is 41.1. The number of ether oxygens (including phenoxy) is 1. The Morgan fingerprint density at radius 2 is 1.80 bits per heavy atom. The summed E-state index contributed by atoms with van der Waals surface area (Å²) in [6, 6.07) is 0. The monoisotopic (exact) mass is 685 g/mol. The van der Waals surface area contributed by atoms with Crippen LogP contribution in [0.1, 0.15) is 18.5 Å². The average molecular weight is 685 g/mol. The Kier molecular flexibility index (Phi) is 6.64. The van der Waals surface area contributed by atoms with Crippen molar-refractivity contribution in [3.8, 4) is 0 Å². The Labute approximate surface area is 255 Å². The topological polar surface area (TPSA) is 274 Å². The van der Waals surface area contributed by atoms with E-state index in [-0.39, 0.29) is 40.4 Å². The second kappa shape index (κ2) is 10.1. The highest BCUT2D eigenvalue weighted by Gasteiger charge is 2.74. The summed E-state index contributed by atoms with van der Waals surface area (Å²) in [5.74, 6) is -1.21. The van der Waals surface area contributed by atoms with Gasteiger partial charge in [-0.1, -0.05) is 0 Å². The van der Waals surface area contributed by atoms with Crippen LogP contribution in [0.5, 0.6) is 0 Å². The first kappa shape index (κ1) is 30.1. The van der Waals surface area contributed by atoms with Crippen LogP contribution in [0.15, 0.2) is 23.8 Å². The molecule has 6 N–H and O–H groups in total. The van der Waals surface area contributed by atoms with Crippen LogP contribution in [-0.2, 0) is 37.5 Å². The summed E-state index contributed by atoms with van der Waals surface area (Å²) in [6.07, 6.45) is -6.24. The summed E-state index contributed by atoms with van der Waals surface area (Å²) >= 11 is 0. The molecule has 6 heterocycles. The number of nitrogen functional groups attached to an aromatic ring is 1. The van der Waals surface area contributed by atoms with Gasteiger partial charge >= 0.3 is 15.6 Å². The van der Waals surface area contributed by atoms with Gasteiger partial charge in [0.1, 0.15) is 36.0 Å². The van der Waals surface area contributed by atoms with Gasteiger partial charge in [-0.2, -0.15) is 0 Å². The fourth-order valence-electron chi connectivity index (χ4n) is 6.95. The number of aryl methyl sites for hydroxylation is 1. The van der Waals surface area contributed by atoms with Gasteiger partial charge in [-0.05, 0) is 19.3 Å². The molecule has 2 saturated heterocycles. The first-order valence-electron chi connectivity index (χ1n) is 14.0. The number of nitrogens with zero attached hydrogens (tertiary/aromatic N) is 7. The molecule has 4 aliphatic rings. The van der Waals surface area contributed by atoms with E-state index in [0.717, 1.165) is 6.33 Å². The van der Waals surface area contributed by atoms with Gasteiger partial charge in [0.15, 0.2) is 35.0 Å². The van der Waals surface area contributed by atoms with Crippen LogP contribution in [0, 0.1) is 18.8 Å². The summed E-state index contributed by atoms with van der Waals surface area (Å²) < 4.78 is 72.3. The van der Waals surface area contributed by atoms with E-state index in [1.54, 1.807) is 6.92 Å². The van der Waals surface area contributed by atoms with Crippen LogP contribution in [0.2, 0.25) is 0 Å². The number of aromatic amines is 1. The maximum atomic E-state index is 16.0. The van der Waals surface area contributed by atoms with Gasteiger partial charge in [-0.15, -0.1) is 0 Å². The van der Waals surface area contributed by atoms with Crippen molar-refractivity contribution >= 4 is 43.8 Å². The van der Waals surface area contributed by atoms with Crippen LogP contribution in [0.4, 0.5) is 10.2 Å². The van der Waals surface area contributed by atoms with E-state index < -0.39 is 88.6 Å². The van der Waals surface area contributed by atoms with E-state index in [2.05, 4.69) is 29.9 Å².